The molecule has 0 spiro atoms. The average molecular weight is 153 g/mol. The van der Waals surface area contributed by atoms with Crippen LogP contribution in [0.5, 0.6) is 0 Å². The van der Waals surface area contributed by atoms with E-state index < -0.39 is 0 Å². The van der Waals surface area contributed by atoms with Gasteiger partial charge in [-0.2, -0.15) is 0 Å². The Bertz CT molecular complexity index is 131. The minimum atomic E-state index is 0.873. The molecule has 1 saturated heterocycles. The third kappa shape index (κ3) is 1.44. The molecule has 3 atom stereocenters. The van der Waals surface area contributed by atoms with Crippen LogP contribution in [-0.4, -0.2) is 12.6 Å². The van der Waals surface area contributed by atoms with Crippen LogP contribution in [0.2, 0.25) is 0 Å². The van der Waals surface area contributed by atoms with Crippen LogP contribution < -0.4 is 5.32 Å². The topological polar surface area (TPSA) is 12.0 Å². The molecule has 2 fully saturated rings. The standard InChI is InChI=1S/C10H19N/c1-8-4-2-5-9-6-3-7-11-10(8)9/h8-11H,2-7H2,1H3. The second-order valence-electron chi connectivity index (χ2n) is 4.29. The lowest BCUT2D eigenvalue weighted by Gasteiger charge is -2.40. The Kier molecular flexibility index (Phi) is 2.17. The second-order valence-corrected chi connectivity index (χ2v) is 4.29. The molecule has 1 saturated carbocycles. The number of fused-ring (bicyclic) bond motifs is 1. The highest BCUT2D eigenvalue weighted by Gasteiger charge is 2.31. The third-order valence-electron chi connectivity index (χ3n) is 3.49. The Morgan fingerprint density at radius 1 is 1.09 bits per heavy atom. The molecule has 11 heavy (non-hydrogen) atoms. The van der Waals surface area contributed by atoms with E-state index in [0.29, 0.717) is 0 Å². The van der Waals surface area contributed by atoms with Crippen LogP contribution in [-0.2, 0) is 0 Å². The highest BCUT2D eigenvalue weighted by Crippen LogP contribution is 2.33. The molecule has 1 heterocycles. The van der Waals surface area contributed by atoms with Crippen molar-refractivity contribution >= 4 is 0 Å². The van der Waals surface area contributed by atoms with Gasteiger partial charge in [0.2, 0.25) is 0 Å². The van der Waals surface area contributed by atoms with E-state index in [-0.39, 0.29) is 0 Å². The highest BCUT2D eigenvalue weighted by atomic mass is 14.9. The zero-order valence-electron chi connectivity index (χ0n) is 7.47. The lowest BCUT2D eigenvalue weighted by atomic mass is 9.74. The maximum absolute atomic E-state index is 3.67. The van der Waals surface area contributed by atoms with E-state index >= 15 is 0 Å². The van der Waals surface area contributed by atoms with Crippen LogP contribution in [0.1, 0.15) is 39.0 Å². The van der Waals surface area contributed by atoms with Crippen molar-refractivity contribution in [2.24, 2.45) is 11.8 Å². The van der Waals surface area contributed by atoms with Crippen molar-refractivity contribution in [3.63, 3.8) is 0 Å². The van der Waals surface area contributed by atoms with Gasteiger partial charge in [0.15, 0.2) is 0 Å². The summed E-state index contributed by atoms with van der Waals surface area (Å²) in [6.45, 7) is 3.68. The van der Waals surface area contributed by atoms with Gasteiger partial charge in [0.05, 0.1) is 0 Å². The van der Waals surface area contributed by atoms with Gasteiger partial charge >= 0.3 is 0 Å². The summed E-state index contributed by atoms with van der Waals surface area (Å²) >= 11 is 0. The smallest absolute Gasteiger partial charge is 0.0121 e. The van der Waals surface area contributed by atoms with Gasteiger partial charge in [-0.3, -0.25) is 0 Å². The van der Waals surface area contributed by atoms with Crippen LogP contribution in [0.25, 0.3) is 0 Å². The van der Waals surface area contributed by atoms with Crippen molar-refractivity contribution in [1.29, 1.82) is 0 Å². The van der Waals surface area contributed by atoms with E-state index in [1.165, 1.54) is 38.6 Å². The van der Waals surface area contributed by atoms with Gasteiger partial charge in [0.25, 0.3) is 0 Å². The molecular formula is C10H19N. The fourth-order valence-electron chi connectivity index (χ4n) is 2.85. The Morgan fingerprint density at radius 2 is 1.91 bits per heavy atom. The number of rotatable bonds is 0. The van der Waals surface area contributed by atoms with E-state index in [0.717, 1.165) is 17.9 Å². The van der Waals surface area contributed by atoms with Crippen LogP contribution in [0.15, 0.2) is 0 Å². The number of nitrogens with one attached hydrogen (secondary N) is 1. The van der Waals surface area contributed by atoms with Gasteiger partial charge in [-0.1, -0.05) is 13.3 Å². The normalized spacial score (nSPS) is 45.0. The van der Waals surface area contributed by atoms with E-state index in [9.17, 15) is 0 Å². The van der Waals surface area contributed by atoms with Crippen LogP contribution in [0.4, 0.5) is 0 Å². The summed E-state index contributed by atoms with van der Waals surface area (Å²) in [5.41, 5.74) is 0. The highest BCUT2D eigenvalue weighted by molar-refractivity contribution is 4.88. The largest absolute Gasteiger partial charge is 0.313 e. The second kappa shape index (κ2) is 3.14. The van der Waals surface area contributed by atoms with Crippen molar-refractivity contribution in [1.82, 2.24) is 5.32 Å². The molecule has 0 radical (unpaired) electrons. The Hall–Kier alpha value is -0.0400. The predicted octanol–water partition coefficient (Wildman–Crippen LogP) is 2.17. The predicted molar refractivity (Wildman–Crippen MR) is 47.5 cm³/mol. The van der Waals surface area contributed by atoms with E-state index in [2.05, 4.69) is 12.2 Å². The SMILES string of the molecule is CC1CCCC2CCCNC12. The quantitative estimate of drug-likeness (QED) is 0.562. The molecule has 64 valence electrons. The number of hydrogen-bond donors (Lipinski definition) is 1. The molecule has 2 rings (SSSR count). The molecule has 3 unspecified atom stereocenters. The maximum Gasteiger partial charge on any atom is 0.0121 e. The van der Waals surface area contributed by atoms with Gasteiger partial charge < -0.3 is 5.32 Å². The first-order chi connectivity index (χ1) is 5.38. The maximum atomic E-state index is 3.67. The van der Waals surface area contributed by atoms with Gasteiger partial charge in [0, 0.05) is 6.04 Å². The molecular weight excluding hydrogens is 134 g/mol. The Balaban J connectivity index is 1.99. The molecule has 1 nitrogen and oxygen atoms in total. The van der Waals surface area contributed by atoms with Crippen molar-refractivity contribution in [2.75, 3.05) is 6.54 Å². The van der Waals surface area contributed by atoms with E-state index in [1.54, 1.807) is 0 Å². The summed E-state index contributed by atoms with van der Waals surface area (Å²) in [4.78, 5) is 0. The third-order valence-corrected chi connectivity index (χ3v) is 3.49. The van der Waals surface area contributed by atoms with Gasteiger partial charge in [-0.05, 0) is 44.1 Å². The first-order valence-corrected chi connectivity index (χ1v) is 5.11. The summed E-state index contributed by atoms with van der Waals surface area (Å²) in [6.07, 6.45) is 7.32. The van der Waals surface area contributed by atoms with Gasteiger partial charge in [-0.25, -0.2) is 0 Å². The van der Waals surface area contributed by atoms with E-state index in [1.807, 2.05) is 0 Å². The van der Waals surface area contributed by atoms with Gasteiger partial charge in [-0.15, -0.1) is 0 Å². The average Bonchev–Trinajstić information content (AvgIpc) is 2.06. The van der Waals surface area contributed by atoms with Crippen LogP contribution in [0.3, 0.4) is 0 Å². The Labute approximate surface area is 69.6 Å². The molecule has 0 amide bonds. The zero-order valence-corrected chi connectivity index (χ0v) is 7.47. The van der Waals surface area contributed by atoms with Crippen molar-refractivity contribution in [2.45, 2.75) is 45.1 Å². The summed E-state index contributed by atoms with van der Waals surface area (Å²) in [5.74, 6) is 1.96. The van der Waals surface area contributed by atoms with Crippen LogP contribution in [0, 0.1) is 11.8 Å². The minimum absolute atomic E-state index is 0.873. The van der Waals surface area contributed by atoms with E-state index in [4.69, 9.17) is 0 Å². The van der Waals surface area contributed by atoms with Gasteiger partial charge in [0.1, 0.15) is 0 Å². The molecule has 2 aliphatic rings. The minimum Gasteiger partial charge on any atom is -0.313 e. The van der Waals surface area contributed by atoms with Crippen molar-refractivity contribution in [3.8, 4) is 0 Å². The Morgan fingerprint density at radius 3 is 2.73 bits per heavy atom. The monoisotopic (exact) mass is 153 g/mol. The summed E-state index contributed by atoms with van der Waals surface area (Å²) in [5, 5.41) is 3.67. The molecule has 0 aromatic rings. The molecule has 1 aliphatic carbocycles. The number of hydrogen-bond acceptors (Lipinski definition) is 1. The first-order valence-electron chi connectivity index (χ1n) is 5.11. The summed E-state index contributed by atoms with van der Waals surface area (Å²) in [7, 11) is 0. The summed E-state index contributed by atoms with van der Waals surface area (Å²) in [6, 6.07) is 0.873. The first kappa shape index (κ1) is 7.60. The zero-order chi connectivity index (χ0) is 7.68. The molecule has 1 N–H and O–H groups in total. The fraction of sp³-hybridized carbons (Fsp3) is 1.00. The molecule has 1 aliphatic heterocycles. The fourth-order valence-corrected chi connectivity index (χ4v) is 2.85. The summed E-state index contributed by atoms with van der Waals surface area (Å²) < 4.78 is 0. The number of piperidine rings is 1. The van der Waals surface area contributed by atoms with Crippen LogP contribution >= 0.6 is 0 Å². The molecule has 0 bridgehead atoms. The lowest BCUT2D eigenvalue weighted by Crippen LogP contribution is -2.47. The molecule has 0 aromatic carbocycles. The van der Waals surface area contributed by atoms with Crippen molar-refractivity contribution < 1.29 is 0 Å². The lowest BCUT2D eigenvalue weighted by molar-refractivity contribution is 0.157. The van der Waals surface area contributed by atoms with Crippen molar-refractivity contribution in [3.05, 3.63) is 0 Å². The molecule has 0 aromatic heterocycles. The molecule has 1 heteroatoms.